The second-order valence-electron chi connectivity index (χ2n) is 7.70. The Bertz CT molecular complexity index is 975. The molecule has 0 bridgehead atoms. The zero-order valence-electron chi connectivity index (χ0n) is 19.1. The Labute approximate surface area is 186 Å². The fourth-order valence-electron chi connectivity index (χ4n) is 3.17. The van der Waals surface area contributed by atoms with Crippen LogP contribution in [-0.4, -0.2) is 56.8 Å². The van der Waals surface area contributed by atoms with Gasteiger partial charge in [0.15, 0.2) is 0 Å². The van der Waals surface area contributed by atoms with Gasteiger partial charge in [0, 0.05) is 24.8 Å². The molecule has 0 aliphatic heterocycles. The van der Waals surface area contributed by atoms with E-state index in [1.807, 2.05) is 45.0 Å². The van der Waals surface area contributed by atoms with Crippen molar-refractivity contribution >= 4 is 21.6 Å². The molecular weight excluding hydrogens is 414 g/mol. The Hall–Kier alpha value is -2.42. The van der Waals surface area contributed by atoms with Crippen molar-refractivity contribution in [2.45, 2.75) is 44.7 Å². The van der Waals surface area contributed by atoms with Crippen molar-refractivity contribution in [1.29, 1.82) is 0 Å². The highest BCUT2D eigenvalue weighted by molar-refractivity contribution is 7.89. The van der Waals surface area contributed by atoms with Crippen molar-refractivity contribution in [1.82, 2.24) is 9.21 Å². The molecule has 0 heterocycles. The van der Waals surface area contributed by atoms with Crippen LogP contribution in [0.1, 0.15) is 39.3 Å². The Morgan fingerprint density at radius 3 is 2.29 bits per heavy atom. The number of ether oxygens (including phenoxy) is 1. The quantitative estimate of drug-likeness (QED) is 0.600. The third-order valence-electron chi connectivity index (χ3n) is 5.42. The maximum Gasteiger partial charge on any atom is 0.243 e. The van der Waals surface area contributed by atoms with Crippen LogP contribution in [0.3, 0.4) is 0 Å². The fraction of sp³-hybridized carbons (Fsp3) is 0.435. The van der Waals surface area contributed by atoms with E-state index in [-0.39, 0.29) is 29.4 Å². The third kappa shape index (κ3) is 6.29. The summed E-state index contributed by atoms with van der Waals surface area (Å²) in [5.74, 6) is 0.620. The van der Waals surface area contributed by atoms with Gasteiger partial charge < -0.3 is 10.1 Å². The monoisotopic (exact) mass is 447 g/mol. The Morgan fingerprint density at radius 1 is 1.10 bits per heavy atom. The SMILES string of the molecule is CCN(CC(=O)Nc1ccc(S(=O)(=O)N(C)C(C)C)cc1)C(C)c1cccc(OC)c1. The van der Waals surface area contributed by atoms with Crippen LogP contribution in [0.15, 0.2) is 53.4 Å². The van der Waals surface area contributed by atoms with Crippen molar-refractivity contribution < 1.29 is 17.9 Å². The maximum absolute atomic E-state index is 12.6. The lowest BCUT2D eigenvalue weighted by Crippen LogP contribution is -2.35. The van der Waals surface area contributed by atoms with Crippen LogP contribution < -0.4 is 10.1 Å². The second kappa shape index (κ2) is 10.7. The molecule has 0 aromatic heterocycles. The van der Waals surface area contributed by atoms with Crippen molar-refractivity contribution in [2.24, 2.45) is 0 Å². The summed E-state index contributed by atoms with van der Waals surface area (Å²) in [6.07, 6.45) is 0. The molecular formula is C23H33N3O4S. The fourth-order valence-corrected chi connectivity index (χ4v) is 4.54. The van der Waals surface area contributed by atoms with E-state index in [0.717, 1.165) is 11.3 Å². The predicted molar refractivity (Wildman–Crippen MR) is 124 cm³/mol. The number of sulfonamides is 1. The summed E-state index contributed by atoms with van der Waals surface area (Å²) in [7, 11) is -0.367. The first-order valence-corrected chi connectivity index (χ1v) is 11.8. The number of anilines is 1. The van der Waals surface area contributed by atoms with E-state index in [1.165, 1.54) is 16.4 Å². The Kier molecular flexibility index (Phi) is 8.61. The predicted octanol–water partition coefficient (Wildman–Crippen LogP) is 3.75. The lowest BCUT2D eigenvalue weighted by Gasteiger charge is -2.27. The van der Waals surface area contributed by atoms with Gasteiger partial charge in [0.25, 0.3) is 0 Å². The minimum Gasteiger partial charge on any atom is -0.497 e. The minimum absolute atomic E-state index is 0.0324. The lowest BCUT2D eigenvalue weighted by atomic mass is 10.1. The van der Waals surface area contributed by atoms with Gasteiger partial charge in [-0.3, -0.25) is 9.69 Å². The first kappa shape index (κ1) is 24.8. The highest BCUT2D eigenvalue weighted by Crippen LogP contribution is 2.24. The van der Waals surface area contributed by atoms with E-state index in [2.05, 4.69) is 17.1 Å². The summed E-state index contributed by atoms with van der Waals surface area (Å²) in [4.78, 5) is 14.9. The van der Waals surface area contributed by atoms with Gasteiger partial charge in [0.1, 0.15) is 5.75 Å². The Balaban J connectivity index is 2.05. The third-order valence-corrected chi connectivity index (χ3v) is 7.47. The summed E-state index contributed by atoms with van der Waals surface area (Å²) in [5.41, 5.74) is 1.62. The number of methoxy groups -OCH3 is 1. The highest BCUT2D eigenvalue weighted by Gasteiger charge is 2.23. The molecule has 1 unspecified atom stereocenters. The number of rotatable bonds is 10. The normalized spacial score (nSPS) is 12.9. The second-order valence-corrected chi connectivity index (χ2v) is 9.70. The standard InChI is InChI=1S/C23H33N3O4S/c1-7-26(18(4)19-9-8-10-21(15-19)30-6)16-23(27)24-20-11-13-22(14-12-20)31(28,29)25(5)17(2)3/h8-15,17-18H,7,16H2,1-6H3,(H,24,27). The summed E-state index contributed by atoms with van der Waals surface area (Å²) < 4.78 is 31.8. The van der Waals surface area contributed by atoms with Gasteiger partial charge in [0.05, 0.1) is 18.6 Å². The molecule has 1 amide bonds. The number of carbonyl (C=O) groups is 1. The maximum atomic E-state index is 12.6. The molecule has 0 fully saturated rings. The van der Waals surface area contributed by atoms with Crippen LogP contribution in [0.5, 0.6) is 5.75 Å². The molecule has 2 aromatic rings. The number of benzene rings is 2. The minimum atomic E-state index is -3.55. The van der Waals surface area contributed by atoms with E-state index in [1.54, 1.807) is 26.3 Å². The average molecular weight is 448 g/mol. The number of likely N-dealkylation sites (N-methyl/N-ethyl adjacent to an activating group) is 1. The largest absolute Gasteiger partial charge is 0.497 e. The van der Waals surface area contributed by atoms with Crippen LogP contribution in [0.2, 0.25) is 0 Å². The average Bonchev–Trinajstić information content (AvgIpc) is 2.76. The van der Waals surface area contributed by atoms with Crippen LogP contribution >= 0.6 is 0 Å². The molecule has 0 aliphatic rings. The van der Waals surface area contributed by atoms with Crippen molar-refractivity contribution in [3.63, 3.8) is 0 Å². The molecule has 0 aliphatic carbocycles. The molecule has 0 saturated carbocycles. The summed E-state index contributed by atoms with van der Waals surface area (Å²) in [5, 5.41) is 2.85. The van der Waals surface area contributed by atoms with Crippen molar-refractivity contribution in [3.8, 4) is 5.75 Å². The zero-order chi connectivity index (χ0) is 23.2. The number of nitrogens with one attached hydrogen (secondary N) is 1. The molecule has 170 valence electrons. The van der Waals surface area contributed by atoms with Crippen molar-refractivity contribution in [2.75, 3.05) is 32.6 Å². The molecule has 1 N–H and O–H groups in total. The number of hydrogen-bond acceptors (Lipinski definition) is 5. The van der Waals surface area contributed by atoms with E-state index in [0.29, 0.717) is 12.2 Å². The molecule has 2 rings (SSSR count). The topological polar surface area (TPSA) is 79.0 Å². The molecule has 0 radical (unpaired) electrons. The van der Waals surface area contributed by atoms with Crippen LogP contribution in [0.25, 0.3) is 0 Å². The van der Waals surface area contributed by atoms with Gasteiger partial charge in [0.2, 0.25) is 15.9 Å². The zero-order valence-corrected chi connectivity index (χ0v) is 19.9. The number of amides is 1. The van der Waals surface area contributed by atoms with Gasteiger partial charge >= 0.3 is 0 Å². The van der Waals surface area contributed by atoms with E-state index < -0.39 is 10.0 Å². The van der Waals surface area contributed by atoms with Gasteiger partial charge in [-0.05, 0) is 69.3 Å². The van der Waals surface area contributed by atoms with Crippen LogP contribution in [0, 0.1) is 0 Å². The molecule has 8 heteroatoms. The van der Waals surface area contributed by atoms with E-state index in [4.69, 9.17) is 4.74 Å². The smallest absolute Gasteiger partial charge is 0.243 e. The van der Waals surface area contributed by atoms with E-state index in [9.17, 15) is 13.2 Å². The van der Waals surface area contributed by atoms with Gasteiger partial charge in [-0.25, -0.2) is 8.42 Å². The lowest BCUT2D eigenvalue weighted by molar-refractivity contribution is -0.117. The number of nitrogens with zero attached hydrogens (tertiary/aromatic N) is 2. The highest BCUT2D eigenvalue weighted by atomic mass is 32.2. The van der Waals surface area contributed by atoms with Gasteiger partial charge in [-0.1, -0.05) is 19.1 Å². The van der Waals surface area contributed by atoms with Crippen LogP contribution in [0.4, 0.5) is 5.69 Å². The number of hydrogen-bond donors (Lipinski definition) is 1. The molecule has 7 nitrogen and oxygen atoms in total. The Morgan fingerprint density at radius 2 is 1.74 bits per heavy atom. The van der Waals surface area contributed by atoms with Crippen molar-refractivity contribution in [3.05, 3.63) is 54.1 Å². The first-order valence-electron chi connectivity index (χ1n) is 10.4. The molecule has 1 atom stereocenters. The van der Waals surface area contributed by atoms with Crippen LogP contribution in [-0.2, 0) is 14.8 Å². The molecule has 0 spiro atoms. The molecule has 2 aromatic carbocycles. The summed E-state index contributed by atoms with van der Waals surface area (Å²) in [6.45, 7) is 8.61. The summed E-state index contributed by atoms with van der Waals surface area (Å²) in [6, 6.07) is 14.0. The number of carbonyl (C=O) groups excluding carboxylic acids is 1. The first-order chi connectivity index (χ1) is 14.6. The molecule has 31 heavy (non-hydrogen) atoms. The van der Waals surface area contributed by atoms with E-state index >= 15 is 0 Å². The molecule has 0 saturated heterocycles. The van der Waals surface area contributed by atoms with Gasteiger partial charge in [-0.15, -0.1) is 0 Å². The summed E-state index contributed by atoms with van der Waals surface area (Å²) >= 11 is 0. The van der Waals surface area contributed by atoms with Gasteiger partial charge in [-0.2, -0.15) is 4.31 Å².